The summed E-state index contributed by atoms with van der Waals surface area (Å²) >= 11 is 0. The third kappa shape index (κ3) is 5.63. The van der Waals surface area contributed by atoms with Gasteiger partial charge in [0.25, 0.3) is 11.8 Å². The Morgan fingerprint density at radius 3 is 2.57 bits per heavy atom. The Balaban J connectivity index is 1.90. The molecule has 0 saturated heterocycles. The summed E-state index contributed by atoms with van der Waals surface area (Å²) in [6, 6.07) is 5.17. The number of hydrogen-bond donors (Lipinski definition) is 2. The molecule has 126 valence electrons. The molecule has 1 fully saturated rings. The van der Waals surface area contributed by atoms with E-state index in [1.165, 1.54) is 6.42 Å². The van der Waals surface area contributed by atoms with E-state index in [0.29, 0.717) is 18.8 Å². The van der Waals surface area contributed by atoms with Crippen LogP contribution in [-0.2, 0) is 4.74 Å². The SMILES string of the molecule is COCCCNC(=O)c1cccc(C(=O)NC2CCCCC2)n1. The predicted molar refractivity (Wildman–Crippen MR) is 87.4 cm³/mol. The zero-order chi connectivity index (χ0) is 16.5. The molecule has 6 nitrogen and oxygen atoms in total. The first-order chi connectivity index (χ1) is 11.2. The summed E-state index contributed by atoms with van der Waals surface area (Å²) in [6.07, 6.45) is 6.33. The molecule has 2 rings (SSSR count). The summed E-state index contributed by atoms with van der Waals surface area (Å²) in [5.74, 6) is -0.473. The predicted octanol–water partition coefficient (Wildman–Crippen LogP) is 1.91. The minimum atomic E-state index is -0.270. The fraction of sp³-hybridized carbons (Fsp3) is 0.588. The Labute approximate surface area is 137 Å². The molecule has 0 spiro atoms. The van der Waals surface area contributed by atoms with Gasteiger partial charge in [-0.2, -0.15) is 0 Å². The number of amides is 2. The zero-order valence-electron chi connectivity index (χ0n) is 13.6. The first-order valence-corrected chi connectivity index (χ1v) is 8.26. The smallest absolute Gasteiger partial charge is 0.270 e. The minimum absolute atomic E-state index is 0.203. The molecule has 1 heterocycles. The number of pyridine rings is 1. The Hall–Kier alpha value is -1.95. The molecule has 1 aliphatic rings. The Bertz CT molecular complexity index is 528. The van der Waals surface area contributed by atoms with Crippen molar-refractivity contribution in [2.45, 2.75) is 44.6 Å². The van der Waals surface area contributed by atoms with Crippen molar-refractivity contribution in [3.8, 4) is 0 Å². The Morgan fingerprint density at radius 1 is 1.17 bits per heavy atom. The lowest BCUT2D eigenvalue weighted by molar-refractivity contribution is 0.0922. The Morgan fingerprint density at radius 2 is 1.87 bits per heavy atom. The third-order valence-electron chi connectivity index (χ3n) is 3.97. The number of hydrogen-bond acceptors (Lipinski definition) is 4. The lowest BCUT2D eigenvalue weighted by Crippen LogP contribution is -2.37. The van der Waals surface area contributed by atoms with E-state index < -0.39 is 0 Å². The van der Waals surface area contributed by atoms with E-state index in [0.717, 1.165) is 32.1 Å². The molecule has 0 radical (unpaired) electrons. The van der Waals surface area contributed by atoms with E-state index >= 15 is 0 Å². The molecule has 2 N–H and O–H groups in total. The lowest BCUT2D eigenvalue weighted by atomic mass is 9.95. The number of aromatic nitrogens is 1. The van der Waals surface area contributed by atoms with Gasteiger partial charge >= 0.3 is 0 Å². The summed E-state index contributed by atoms with van der Waals surface area (Å²) in [5, 5.41) is 5.78. The minimum Gasteiger partial charge on any atom is -0.385 e. The van der Waals surface area contributed by atoms with Crippen molar-refractivity contribution in [2.75, 3.05) is 20.3 Å². The summed E-state index contributed by atoms with van der Waals surface area (Å²) in [6.45, 7) is 1.12. The third-order valence-corrected chi connectivity index (χ3v) is 3.97. The summed E-state index contributed by atoms with van der Waals surface area (Å²) in [7, 11) is 1.62. The van der Waals surface area contributed by atoms with Gasteiger partial charge in [0.2, 0.25) is 0 Å². The van der Waals surface area contributed by atoms with Crippen molar-refractivity contribution >= 4 is 11.8 Å². The fourth-order valence-corrected chi connectivity index (χ4v) is 2.70. The van der Waals surface area contributed by atoms with Crippen LogP contribution in [0.5, 0.6) is 0 Å². The van der Waals surface area contributed by atoms with Gasteiger partial charge in [-0.1, -0.05) is 25.3 Å². The van der Waals surface area contributed by atoms with Crippen LogP contribution in [0.4, 0.5) is 0 Å². The normalized spacial score (nSPS) is 15.2. The van der Waals surface area contributed by atoms with Gasteiger partial charge in [-0.3, -0.25) is 9.59 Å². The first kappa shape index (κ1) is 17.4. The molecule has 2 amide bonds. The number of nitrogens with one attached hydrogen (secondary N) is 2. The van der Waals surface area contributed by atoms with Crippen LogP contribution in [0.3, 0.4) is 0 Å². The molecule has 6 heteroatoms. The monoisotopic (exact) mass is 319 g/mol. The average molecular weight is 319 g/mol. The highest BCUT2D eigenvalue weighted by atomic mass is 16.5. The lowest BCUT2D eigenvalue weighted by Gasteiger charge is -2.22. The van der Waals surface area contributed by atoms with Gasteiger partial charge < -0.3 is 15.4 Å². The molecule has 0 unspecified atom stereocenters. The summed E-state index contributed by atoms with van der Waals surface area (Å²) < 4.78 is 4.93. The van der Waals surface area contributed by atoms with Crippen LogP contribution in [0.25, 0.3) is 0 Å². The molecular formula is C17H25N3O3. The maximum atomic E-state index is 12.3. The van der Waals surface area contributed by atoms with Crippen molar-refractivity contribution in [1.82, 2.24) is 15.6 Å². The van der Waals surface area contributed by atoms with Crippen LogP contribution >= 0.6 is 0 Å². The van der Waals surface area contributed by atoms with Gasteiger partial charge in [-0.05, 0) is 31.4 Å². The fourth-order valence-electron chi connectivity index (χ4n) is 2.70. The van der Waals surface area contributed by atoms with Gasteiger partial charge in [-0.15, -0.1) is 0 Å². The molecule has 1 aliphatic carbocycles. The maximum absolute atomic E-state index is 12.3. The number of carbonyl (C=O) groups excluding carboxylic acids is 2. The molecule has 0 aliphatic heterocycles. The van der Waals surface area contributed by atoms with Crippen LogP contribution in [0.15, 0.2) is 18.2 Å². The maximum Gasteiger partial charge on any atom is 0.270 e. The van der Waals surface area contributed by atoms with E-state index in [2.05, 4.69) is 15.6 Å². The number of methoxy groups -OCH3 is 1. The van der Waals surface area contributed by atoms with Crippen LogP contribution in [0.2, 0.25) is 0 Å². The van der Waals surface area contributed by atoms with Crippen molar-refractivity contribution in [3.05, 3.63) is 29.6 Å². The van der Waals surface area contributed by atoms with Crippen molar-refractivity contribution in [3.63, 3.8) is 0 Å². The molecule has 1 saturated carbocycles. The van der Waals surface area contributed by atoms with Gasteiger partial charge in [0.15, 0.2) is 0 Å². The van der Waals surface area contributed by atoms with E-state index in [-0.39, 0.29) is 23.6 Å². The molecule has 0 atom stereocenters. The molecule has 1 aromatic rings. The van der Waals surface area contributed by atoms with Crippen LogP contribution < -0.4 is 10.6 Å². The van der Waals surface area contributed by atoms with Crippen LogP contribution in [0.1, 0.15) is 59.5 Å². The molecule has 0 aromatic carbocycles. The largest absolute Gasteiger partial charge is 0.385 e. The molecule has 1 aromatic heterocycles. The molecule has 23 heavy (non-hydrogen) atoms. The second kappa shape index (κ2) is 9.25. The number of carbonyl (C=O) groups is 2. The van der Waals surface area contributed by atoms with Crippen LogP contribution in [-0.4, -0.2) is 43.1 Å². The number of ether oxygens (including phenoxy) is 1. The van der Waals surface area contributed by atoms with Gasteiger partial charge in [0.1, 0.15) is 11.4 Å². The zero-order valence-corrected chi connectivity index (χ0v) is 13.6. The van der Waals surface area contributed by atoms with Crippen molar-refractivity contribution < 1.29 is 14.3 Å². The number of rotatable bonds is 7. The van der Waals surface area contributed by atoms with Gasteiger partial charge in [0.05, 0.1) is 0 Å². The highest BCUT2D eigenvalue weighted by Crippen LogP contribution is 2.17. The van der Waals surface area contributed by atoms with Gasteiger partial charge in [-0.25, -0.2) is 4.98 Å². The quantitative estimate of drug-likeness (QED) is 0.752. The second-order valence-electron chi connectivity index (χ2n) is 5.82. The topological polar surface area (TPSA) is 80.3 Å². The van der Waals surface area contributed by atoms with E-state index in [4.69, 9.17) is 4.74 Å². The second-order valence-corrected chi connectivity index (χ2v) is 5.82. The molecule has 0 bridgehead atoms. The average Bonchev–Trinajstić information content (AvgIpc) is 2.59. The highest BCUT2D eigenvalue weighted by Gasteiger charge is 2.18. The van der Waals surface area contributed by atoms with Gasteiger partial charge in [0, 0.05) is 26.3 Å². The Kier molecular flexibility index (Phi) is 7.00. The van der Waals surface area contributed by atoms with Crippen molar-refractivity contribution in [2.24, 2.45) is 0 Å². The first-order valence-electron chi connectivity index (χ1n) is 8.26. The van der Waals surface area contributed by atoms with E-state index in [1.807, 2.05) is 0 Å². The van der Waals surface area contributed by atoms with E-state index in [9.17, 15) is 9.59 Å². The highest BCUT2D eigenvalue weighted by molar-refractivity contribution is 5.96. The molecular weight excluding hydrogens is 294 g/mol. The van der Waals surface area contributed by atoms with Crippen molar-refractivity contribution in [1.29, 1.82) is 0 Å². The van der Waals surface area contributed by atoms with E-state index in [1.54, 1.807) is 25.3 Å². The standard InChI is InChI=1S/C17H25N3O3/c1-23-12-6-11-18-16(21)14-9-5-10-15(20-14)17(22)19-13-7-3-2-4-8-13/h5,9-10,13H,2-4,6-8,11-12H2,1H3,(H,18,21)(H,19,22). The van der Waals surface area contributed by atoms with Crippen LogP contribution in [0, 0.1) is 0 Å². The summed E-state index contributed by atoms with van der Waals surface area (Å²) in [5.41, 5.74) is 0.554. The summed E-state index contributed by atoms with van der Waals surface area (Å²) in [4.78, 5) is 28.5. The number of nitrogens with zero attached hydrogens (tertiary/aromatic N) is 1.